The lowest BCUT2D eigenvalue weighted by atomic mass is 10.1. The third kappa shape index (κ3) is 5.43. The van der Waals surface area contributed by atoms with Crippen LogP contribution in [0.4, 0.5) is 0 Å². The zero-order chi connectivity index (χ0) is 20.1. The van der Waals surface area contributed by atoms with Gasteiger partial charge in [0.1, 0.15) is 12.7 Å². The predicted octanol–water partition coefficient (Wildman–Crippen LogP) is 5.66. The van der Waals surface area contributed by atoms with Gasteiger partial charge in [-0.15, -0.1) is 11.8 Å². The fourth-order valence-corrected chi connectivity index (χ4v) is 4.68. The SMILES string of the molecule is CCC1C[C@@H](OC(=O)c2ccc(Cl)cc2)[C@@H](COC(=O)c2ccc(Cl)cc2)S1. The lowest BCUT2D eigenvalue weighted by Gasteiger charge is -2.19. The van der Waals surface area contributed by atoms with Gasteiger partial charge >= 0.3 is 11.9 Å². The molecule has 2 aromatic carbocycles. The van der Waals surface area contributed by atoms with Gasteiger partial charge in [-0.05, 0) is 61.4 Å². The second-order valence-corrected chi connectivity index (χ2v) is 8.91. The molecule has 2 aromatic rings. The van der Waals surface area contributed by atoms with Crippen LogP contribution in [0, 0.1) is 0 Å². The Labute approximate surface area is 178 Å². The van der Waals surface area contributed by atoms with Crippen molar-refractivity contribution in [3.63, 3.8) is 0 Å². The van der Waals surface area contributed by atoms with Crippen LogP contribution in [0.3, 0.4) is 0 Å². The van der Waals surface area contributed by atoms with E-state index >= 15 is 0 Å². The van der Waals surface area contributed by atoms with E-state index < -0.39 is 11.9 Å². The Kier molecular flexibility index (Phi) is 7.27. The van der Waals surface area contributed by atoms with Crippen LogP contribution in [0.15, 0.2) is 48.5 Å². The molecule has 3 rings (SSSR count). The van der Waals surface area contributed by atoms with Gasteiger partial charge in [0.05, 0.1) is 16.4 Å². The summed E-state index contributed by atoms with van der Waals surface area (Å²) < 4.78 is 11.2. The molecule has 0 aliphatic carbocycles. The summed E-state index contributed by atoms with van der Waals surface area (Å²) in [6, 6.07) is 13.1. The molecule has 1 fully saturated rings. The van der Waals surface area contributed by atoms with Crippen LogP contribution in [-0.2, 0) is 9.47 Å². The number of rotatable bonds is 6. The van der Waals surface area contributed by atoms with Gasteiger partial charge in [-0.25, -0.2) is 9.59 Å². The Bertz CT molecular complexity index is 823. The highest BCUT2D eigenvalue weighted by Gasteiger charge is 2.38. The van der Waals surface area contributed by atoms with Crippen LogP contribution in [0.2, 0.25) is 10.0 Å². The zero-order valence-corrected chi connectivity index (χ0v) is 17.6. The van der Waals surface area contributed by atoms with Gasteiger partial charge < -0.3 is 9.47 Å². The summed E-state index contributed by atoms with van der Waals surface area (Å²) in [6.45, 7) is 2.28. The first-order valence-electron chi connectivity index (χ1n) is 9.01. The largest absolute Gasteiger partial charge is 0.461 e. The van der Waals surface area contributed by atoms with Crippen LogP contribution >= 0.6 is 35.0 Å². The average Bonchev–Trinajstić information content (AvgIpc) is 3.09. The average molecular weight is 439 g/mol. The normalized spacial score (nSPS) is 21.3. The Morgan fingerprint density at radius 3 is 2.04 bits per heavy atom. The predicted molar refractivity (Wildman–Crippen MR) is 112 cm³/mol. The van der Waals surface area contributed by atoms with Crippen molar-refractivity contribution < 1.29 is 19.1 Å². The number of carbonyl (C=O) groups is 2. The summed E-state index contributed by atoms with van der Waals surface area (Å²) >= 11 is 13.4. The fourth-order valence-electron chi connectivity index (χ4n) is 2.95. The molecule has 1 unspecified atom stereocenters. The van der Waals surface area contributed by atoms with E-state index in [9.17, 15) is 9.59 Å². The van der Waals surface area contributed by atoms with Gasteiger partial charge in [0.15, 0.2) is 0 Å². The summed E-state index contributed by atoms with van der Waals surface area (Å²) in [4.78, 5) is 24.7. The van der Waals surface area contributed by atoms with Crippen LogP contribution in [0.1, 0.15) is 40.5 Å². The molecule has 0 saturated carbocycles. The first kappa shape index (κ1) is 21.0. The molecule has 1 aliphatic rings. The second kappa shape index (κ2) is 9.68. The fraction of sp³-hybridized carbons (Fsp3) is 0.333. The molecular weight excluding hydrogens is 419 g/mol. The number of esters is 2. The molecule has 1 aliphatic heterocycles. The van der Waals surface area contributed by atoms with Gasteiger partial charge in [0.25, 0.3) is 0 Å². The maximum absolute atomic E-state index is 12.4. The van der Waals surface area contributed by atoms with Crippen molar-refractivity contribution in [3.05, 3.63) is 69.7 Å². The molecule has 0 aromatic heterocycles. The van der Waals surface area contributed by atoms with Crippen LogP contribution in [-0.4, -0.2) is 35.1 Å². The highest BCUT2D eigenvalue weighted by molar-refractivity contribution is 8.00. The molecule has 7 heteroatoms. The third-order valence-electron chi connectivity index (χ3n) is 4.53. The minimum Gasteiger partial charge on any atom is -0.461 e. The van der Waals surface area contributed by atoms with Crippen LogP contribution in [0.5, 0.6) is 0 Å². The van der Waals surface area contributed by atoms with Gasteiger partial charge in [-0.1, -0.05) is 30.1 Å². The van der Waals surface area contributed by atoms with E-state index in [0.717, 1.165) is 12.8 Å². The smallest absolute Gasteiger partial charge is 0.338 e. The summed E-state index contributed by atoms with van der Waals surface area (Å²) in [5, 5.41) is 1.38. The van der Waals surface area contributed by atoms with Crippen LogP contribution in [0.25, 0.3) is 0 Å². The summed E-state index contributed by atoms with van der Waals surface area (Å²) in [5.41, 5.74) is 0.889. The number of halogens is 2. The van der Waals surface area contributed by atoms with E-state index in [1.165, 1.54) is 0 Å². The minimum absolute atomic E-state index is 0.0996. The van der Waals surface area contributed by atoms with E-state index in [1.807, 2.05) is 0 Å². The van der Waals surface area contributed by atoms with E-state index in [4.69, 9.17) is 32.7 Å². The van der Waals surface area contributed by atoms with Crippen LogP contribution < -0.4 is 0 Å². The highest BCUT2D eigenvalue weighted by Crippen LogP contribution is 2.38. The lowest BCUT2D eigenvalue weighted by Crippen LogP contribution is -2.29. The Morgan fingerprint density at radius 1 is 0.964 bits per heavy atom. The van der Waals surface area contributed by atoms with Gasteiger partial charge in [-0.3, -0.25) is 0 Å². The van der Waals surface area contributed by atoms with Gasteiger partial charge in [0.2, 0.25) is 0 Å². The van der Waals surface area contributed by atoms with Gasteiger partial charge in [-0.2, -0.15) is 0 Å². The monoisotopic (exact) mass is 438 g/mol. The van der Waals surface area contributed by atoms with Crippen molar-refractivity contribution in [1.82, 2.24) is 0 Å². The maximum atomic E-state index is 12.4. The van der Waals surface area contributed by atoms with Crippen molar-refractivity contribution in [2.24, 2.45) is 0 Å². The van der Waals surface area contributed by atoms with E-state index in [2.05, 4.69) is 6.92 Å². The first-order valence-corrected chi connectivity index (χ1v) is 10.7. The molecule has 4 nitrogen and oxygen atoms in total. The van der Waals surface area contributed by atoms with E-state index in [0.29, 0.717) is 26.4 Å². The molecular formula is C21H20Cl2O4S. The second-order valence-electron chi connectivity index (χ2n) is 6.50. The van der Waals surface area contributed by atoms with E-state index in [1.54, 1.807) is 60.3 Å². The molecule has 1 saturated heterocycles. The number of hydrogen-bond donors (Lipinski definition) is 0. The van der Waals surface area contributed by atoms with Crippen molar-refractivity contribution in [1.29, 1.82) is 0 Å². The molecule has 0 radical (unpaired) electrons. The Balaban J connectivity index is 1.61. The molecule has 3 atom stereocenters. The Morgan fingerprint density at radius 2 is 1.50 bits per heavy atom. The minimum atomic E-state index is -0.417. The standard InChI is InChI=1S/C21H20Cl2O4S/c1-2-17-11-18(27-21(25)14-5-9-16(23)10-6-14)19(28-17)12-26-20(24)13-3-7-15(22)8-4-13/h3-10,17-19H,2,11-12H2,1H3/t17?,18-,19-/m1/s1. The molecule has 1 heterocycles. The number of thioether (sulfide) groups is 1. The lowest BCUT2D eigenvalue weighted by molar-refractivity contribution is 0.0212. The third-order valence-corrected chi connectivity index (χ3v) is 6.73. The van der Waals surface area contributed by atoms with Crippen molar-refractivity contribution in [3.8, 4) is 0 Å². The summed E-state index contributed by atoms with van der Waals surface area (Å²) in [7, 11) is 0. The van der Waals surface area contributed by atoms with Crippen molar-refractivity contribution in [2.75, 3.05) is 6.61 Å². The number of hydrogen-bond acceptors (Lipinski definition) is 5. The van der Waals surface area contributed by atoms with Crippen molar-refractivity contribution >= 4 is 46.9 Å². The molecule has 0 amide bonds. The maximum Gasteiger partial charge on any atom is 0.338 e. The molecule has 0 bridgehead atoms. The first-order chi connectivity index (χ1) is 13.5. The molecule has 28 heavy (non-hydrogen) atoms. The number of carbonyl (C=O) groups excluding carboxylic acids is 2. The Hall–Kier alpha value is -1.69. The zero-order valence-electron chi connectivity index (χ0n) is 15.3. The quantitative estimate of drug-likeness (QED) is 0.544. The number of ether oxygens (including phenoxy) is 2. The van der Waals surface area contributed by atoms with Crippen molar-refractivity contribution in [2.45, 2.75) is 36.4 Å². The van der Waals surface area contributed by atoms with Gasteiger partial charge in [0, 0.05) is 15.3 Å². The number of benzene rings is 2. The summed E-state index contributed by atoms with van der Waals surface area (Å²) in [5.74, 6) is -0.812. The van der Waals surface area contributed by atoms with E-state index in [-0.39, 0.29) is 18.0 Å². The molecule has 148 valence electrons. The topological polar surface area (TPSA) is 52.6 Å². The highest BCUT2D eigenvalue weighted by atomic mass is 35.5. The molecule has 0 N–H and O–H groups in total. The summed E-state index contributed by atoms with van der Waals surface area (Å²) in [6.07, 6.45) is 1.39. The molecule has 0 spiro atoms.